The van der Waals surface area contributed by atoms with Crippen molar-refractivity contribution in [1.82, 2.24) is 4.57 Å². The average molecular weight is 221 g/mol. The van der Waals surface area contributed by atoms with E-state index in [0.29, 0.717) is 24.4 Å². The first-order valence-corrected chi connectivity index (χ1v) is 5.51. The summed E-state index contributed by atoms with van der Waals surface area (Å²) in [5.74, 6) is 0. The molecule has 0 spiro atoms. The summed E-state index contributed by atoms with van der Waals surface area (Å²) in [6, 6.07) is 11.9. The molecule has 0 aliphatic rings. The van der Waals surface area contributed by atoms with Gasteiger partial charge < -0.3 is 9.30 Å². The summed E-state index contributed by atoms with van der Waals surface area (Å²) in [7, 11) is 11.6. The lowest BCUT2D eigenvalue weighted by Gasteiger charge is -2.11. The summed E-state index contributed by atoms with van der Waals surface area (Å²) in [5.41, 5.74) is 3.32. The minimum atomic E-state index is 0.420. The third kappa shape index (κ3) is 2.83. The molecule has 0 saturated heterocycles. The first-order valence-electron chi connectivity index (χ1n) is 5.51. The van der Waals surface area contributed by atoms with E-state index in [1.807, 2.05) is 47.9 Å². The normalized spacial score (nSPS) is 10.6. The highest BCUT2D eigenvalue weighted by molar-refractivity contribution is 6.47. The largest absolute Gasteiger partial charge is 0.356 e. The lowest BCUT2D eigenvalue weighted by molar-refractivity contribution is 0.0649. The van der Waals surface area contributed by atoms with E-state index in [-0.39, 0.29) is 0 Å². The summed E-state index contributed by atoms with van der Waals surface area (Å²) >= 11 is 0. The summed E-state index contributed by atoms with van der Waals surface area (Å²) in [5, 5.41) is 0. The smallest absolute Gasteiger partial charge is 0.138 e. The van der Waals surface area contributed by atoms with Crippen LogP contribution in [0.1, 0.15) is 11.3 Å². The van der Waals surface area contributed by atoms with Crippen LogP contribution in [0.3, 0.4) is 0 Å². The van der Waals surface area contributed by atoms with Crippen molar-refractivity contribution in [2.24, 2.45) is 0 Å². The Balaban J connectivity index is 1.95. The van der Waals surface area contributed by atoms with E-state index in [4.69, 9.17) is 20.4 Å². The number of hydrogen-bond donors (Lipinski definition) is 0. The molecular formula is C13H13B2NO. The number of rotatable bonds is 4. The third-order valence-electron chi connectivity index (χ3n) is 2.71. The Morgan fingerprint density at radius 3 is 2.47 bits per heavy atom. The number of hydrogen-bond acceptors (Lipinski definition) is 1. The van der Waals surface area contributed by atoms with Crippen LogP contribution in [0, 0.1) is 6.92 Å². The number of aromatic nitrogens is 1. The second-order valence-electron chi connectivity index (χ2n) is 4.02. The van der Waals surface area contributed by atoms with E-state index >= 15 is 0 Å². The Morgan fingerprint density at radius 1 is 1.18 bits per heavy atom. The molecule has 4 heteroatoms. The van der Waals surface area contributed by atoms with Gasteiger partial charge in [0.05, 0.1) is 6.61 Å². The number of ether oxygens (including phenoxy) is 1. The van der Waals surface area contributed by atoms with Gasteiger partial charge in [0, 0.05) is 5.69 Å². The van der Waals surface area contributed by atoms with Gasteiger partial charge in [-0.15, -0.1) is 0 Å². The van der Waals surface area contributed by atoms with Gasteiger partial charge in [-0.05, 0) is 24.1 Å². The molecule has 4 radical (unpaired) electrons. The van der Waals surface area contributed by atoms with Crippen LogP contribution in [-0.2, 0) is 18.1 Å². The fourth-order valence-electron chi connectivity index (χ4n) is 1.72. The molecule has 1 aromatic heterocycles. The summed E-state index contributed by atoms with van der Waals surface area (Å²) in [6.07, 6.45) is 0. The average Bonchev–Trinajstić information content (AvgIpc) is 2.57. The molecule has 82 valence electrons. The zero-order valence-electron chi connectivity index (χ0n) is 9.89. The molecule has 0 amide bonds. The molecule has 0 N–H and O–H groups in total. The van der Waals surface area contributed by atoms with Crippen LogP contribution in [0.2, 0.25) is 0 Å². The van der Waals surface area contributed by atoms with Crippen molar-refractivity contribution in [3.05, 3.63) is 47.7 Å². The molecule has 0 atom stereocenters. The second kappa shape index (κ2) is 5.28. The minimum Gasteiger partial charge on any atom is -0.356 e. The number of aryl methyl sites for hydroxylation is 1. The van der Waals surface area contributed by atoms with Crippen LogP contribution in [0.4, 0.5) is 0 Å². The Labute approximate surface area is 104 Å². The maximum Gasteiger partial charge on any atom is 0.138 e. The van der Waals surface area contributed by atoms with Crippen molar-refractivity contribution in [2.45, 2.75) is 20.3 Å². The predicted octanol–water partition coefficient (Wildman–Crippen LogP) is 0.558. The quantitative estimate of drug-likeness (QED) is 0.688. The van der Waals surface area contributed by atoms with Crippen molar-refractivity contribution >= 4 is 26.7 Å². The van der Waals surface area contributed by atoms with Gasteiger partial charge in [-0.3, -0.25) is 0 Å². The lowest BCUT2D eigenvalue weighted by Crippen LogP contribution is -2.30. The summed E-state index contributed by atoms with van der Waals surface area (Å²) in [6.45, 7) is 2.94. The maximum absolute atomic E-state index is 5.84. The van der Waals surface area contributed by atoms with Crippen molar-refractivity contribution in [2.75, 3.05) is 0 Å². The van der Waals surface area contributed by atoms with Crippen molar-refractivity contribution in [3.63, 3.8) is 0 Å². The van der Waals surface area contributed by atoms with Gasteiger partial charge in [-0.2, -0.15) is 0 Å². The molecule has 0 fully saturated rings. The van der Waals surface area contributed by atoms with Crippen molar-refractivity contribution < 1.29 is 4.74 Å². The molecule has 0 aliphatic heterocycles. The zero-order chi connectivity index (χ0) is 12.3. The van der Waals surface area contributed by atoms with Crippen LogP contribution in [0.5, 0.6) is 0 Å². The first-order chi connectivity index (χ1) is 8.18. The Morgan fingerprint density at radius 2 is 1.88 bits per heavy atom. The van der Waals surface area contributed by atoms with Crippen LogP contribution >= 0.6 is 0 Å². The highest BCUT2D eigenvalue weighted by Crippen LogP contribution is 2.02. The molecule has 17 heavy (non-hydrogen) atoms. The second-order valence-corrected chi connectivity index (χ2v) is 4.02. The SMILES string of the molecule is [B]c1cc(C)n(COCc2ccccc2)c1[B]. The van der Waals surface area contributed by atoms with E-state index in [0.717, 1.165) is 11.3 Å². The third-order valence-corrected chi connectivity index (χ3v) is 2.71. The van der Waals surface area contributed by atoms with Gasteiger partial charge in [0.15, 0.2) is 0 Å². The fourth-order valence-corrected chi connectivity index (χ4v) is 1.72. The monoisotopic (exact) mass is 221 g/mol. The molecule has 2 aromatic rings. The van der Waals surface area contributed by atoms with Crippen LogP contribution < -0.4 is 11.1 Å². The van der Waals surface area contributed by atoms with Crippen LogP contribution in [-0.4, -0.2) is 20.3 Å². The van der Waals surface area contributed by atoms with Gasteiger partial charge in [-0.1, -0.05) is 35.8 Å². The molecule has 2 rings (SSSR count). The molecule has 0 saturated carbocycles. The maximum atomic E-state index is 5.84. The lowest BCUT2D eigenvalue weighted by atomic mass is 9.87. The highest BCUT2D eigenvalue weighted by atomic mass is 16.5. The molecule has 0 bridgehead atoms. The molecule has 1 heterocycles. The molecule has 2 nitrogen and oxygen atoms in total. The molecule has 1 aromatic carbocycles. The fraction of sp³-hybridized carbons (Fsp3) is 0.231. The topological polar surface area (TPSA) is 14.2 Å². The van der Waals surface area contributed by atoms with Crippen molar-refractivity contribution in [1.29, 1.82) is 0 Å². The van der Waals surface area contributed by atoms with E-state index in [1.54, 1.807) is 0 Å². The number of nitrogens with zero attached hydrogens (tertiary/aromatic N) is 1. The zero-order valence-corrected chi connectivity index (χ0v) is 9.89. The van der Waals surface area contributed by atoms with E-state index in [2.05, 4.69) is 0 Å². The van der Waals surface area contributed by atoms with Gasteiger partial charge >= 0.3 is 0 Å². The Kier molecular flexibility index (Phi) is 3.75. The predicted molar refractivity (Wildman–Crippen MR) is 71.2 cm³/mol. The van der Waals surface area contributed by atoms with Crippen LogP contribution in [0.15, 0.2) is 36.4 Å². The Hall–Kier alpha value is -1.41. The van der Waals surface area contributed by atoms with E-state index in [9.17, 15) is 0 Å². The summed E-state index contributed by atoms with van der Waals surface area (Å²) < 4.78 is 7.47. The summed E-state index contributed by atoms with van der Waals surface area (Å²) in [4.78, 5) is 0. The van der Waals surface area contributed by atoms with E-state index in [1.165, 1.54) is 0 Å². The molecular weight excluding hydrogens is 208 g/mol. The van der Waals surface area contributed by atoms with Gasteiger partial charge in [0.2, 0.25) is 0 Å². The molecule has 0 unspecified atom stereocenters. The van der Waals surface area contributed by atoms with Gasteiger partial charge in [0.25, 0.3) is 0 Å². The number of benzene rings is 1. The van der Waals surface area contributed by atoms with Crippen molar-refractivity contribution in [3.8, 4) is 0 Å². The van der Waals surface area contributed by atoms with Gasteiger partial charge in [0.1, 0.15) is 22.4 Å². The minimum absolute atomic E-state index is 0.420. The molecule has 0 aliphatic carbocycles. The highest BCUT2D eigenvalue weighted by Gasteiger charge is 2.04. The first kappa shape index (κ1) is 12.1. The standard InChI is InChI=1S/C13H13B2NO/c1-10-7-12(14)13(15)16(10)9-17-8-11-5-3-2-4-6-11/h2-7H,8-9H2,1H3. The van der Waals surface area contributed by atoms with Gasteiger partial charge in [-0.25, -0.2) is 0 Å². The Bertz CT molecular complexity index is 494. The van der Waals surface area contributed by atoms with E-state index < -0.39 is 0 Å². The van der Waals surface area contributed by atoms with Crippen LogP contribution in [0.25, 0.3) is 0 Å².